The van der Waals surface area contributed by atoms with E-state index in [4.69, 9.17) is 4.74 Å². The SMILES string of the molecule is COCCN(CC(=O)N1CCN(Cc2cccs2)CC1)Cc1ccccc1. The Bertz CT molecular complexity index is 670. The van der Waals surface area contributed by atoms with E-state index < -0.39 is 0 Å². The van der Waals surface area contributed by atoms with Crippen LogP contribution in [0.5, 0.6) is 0 Å². The normalized spacial score (nSPS) is 15.4. The molecule has 1 aromatic carbocycles. The summed E-state index contributed by atoms with van der Waals surface area (Å²) in [7, 11) is 1.70. The quantitative estimate of drug-likeness (QED) is 0.663. The number of hydrogen-bond acceptors (Lipinski definition) is 5. The first-order chi connectivity index (χ1) is 13.2. The average molecular weight is 388 g/mol. The fourth-order valence-electron chi connectivity index (χ4n) is 3.35. The van der Waals surface area contributed by atoms with E-state index >= 15 is 0 Å². The first kappa shape index (κ1) is 20.0. The monoisotopic (exact) mass is 387 g/mol. The topological polar surface area (TPSA) is 36.0 Å². The van der Waals surface area contributed by atoms with Gasteiger partial charge in [-0.15, -0.1) is 11.3 Å². The summed E-state index contributed by atoms with van der Waals surface area (Å²) in [4.78, 5) is 20.8. The van der Waals surface area contributed by atoms with Crippen molar-refractivity contribution in [2.24, 2.45) is 0 Å². The van der Waals surface area contributed by atoms with Crippen LogP contribution < -0.4 is 0 Å². The number of carbonyl (C=O) groups excluding carboxylic acids is 1. The summed E-state index contributed by atoms with van der Waals surface area (Å²) in [6.45, 7) is 7.12. The zero-order chi connectivity index (χ0) is 18.9. The van der Waals surface area contributed by atoms with Crippen LogP contribution in [0.15, 0.2) is 47.8 Å². The molecule has 0 saturated carbocycles. The molecule has 0 bridgehead atoms. The number of thiophene rings is 1. The number of hydrogen-bond donors (Lipinski definition) is 0. The first-order valence-corrected chi connectivity index (χ1v) is 10.4. The molecule has 1 aromatic heterocycles. The molecule has 3 rings (SSSR count). The largest absolute Gasteiger partial charge is 0.383 e. The molecule has 27 heavy (non-hydrogen) atoms. The van der Waals surface area contributed by atoms with Crippen molar-refractivity contribution in [2.45, 2.75) is 13.1 Å². The summed E-state index contributed by atoms with van der Waals surface area (Å²) in [5.74, 6) is 0.220. The molecule has 6 heteroatoms. The molecule has 146 valence electrons. The van der Waals surface area contributed by atoms with Crippen molar-refractivity contribution >= 4 is 17.2 Å². The van der Waals surface area contributed by atoms with E-state index in [1.54, 1.807) is 18.4 Å². The number of carbonyl (C=O) groups is 1. The zero-order valence-electron chi connectivity index (χ0n) is 16.0. The second-order valence-corrected chi connectivity index (χ2v) is 7.96. The van der Waals surface area contributed by atoms with E-state index in [2.05, 4.69) is 39.4 Å². The lowest BCUT2D eigenvalue weighted by atomic mass is 10.2. The lowest BCUT2D eigenvalue weighted by Crippen LogP contribution is -2.51. The van der Waals surface area contributed by atoms with Gasteiger partial charge in [-0.1, -0.05) is 36.4 Å². The van der Waals surface area contributed by atoms with Crippen molar-refractivity contribution in [1.29, 1.82) is 0 Å². The Labute approximate surface area is 166 Å². The van der Waals surface area contributed by atoms with Crippen molar-refractivity contribution in [3.05, 3.63) is 58.3 Å². The highest BCUT2D eigenvalue weighted by molar-refractivity contribution is 7.09. The number of benzene rings is 1. The minimum atomic E-state index is 0.220. The zero-order valence-corrected chi connectivity index (χ0v) is 16.9. The van der Waals surface area contributed by atoms with Gasteiger partial charge < -0.3 is 9.64 Å². The highest BCUT2D eigenvalue weighted by Crippen LogP contribution is 2.14. The average Bonchev–Trinajstić information content (AvgIpc) is 3.20. The van der Waals surface area contributed by atoms with Gasteiger partial charge in [-0.2, -0.15) is 0 Å². The Hall–Kier alpha value is -1.73. The van der Waals surface area contributed by atoms with Crippen molar-refractivity contribution in [3.8, 4) is 0 Å². The lowest BCUT2D eigenvalue weighted by molar-refractivity contribution is -0.134. The van der Waals surface area contributed by atoms with Gasteiger partial charge in [-0.3, -0.25) is 14.6 Å². The van der Waals surface area contributed by atoms with Gasteiger partial charge >= 0.3 is 0 Å². The van der Waals surface area contributed by atoms with Gasteiger partial charge in [-0.05, 0) is 17.0 Å². The lowest BCUT2D eigenvalue weighted by Gasteiger charge is -2.35. The maximum atomic E-state index is 12.8. The van der Waals surface area contributed by atoms with Crippen molar-refractivity contribution in [2.75, 3.05) is 53.0 Å². The van der Waals surface area contributed by atoms with E-state index in [0.717, 1.165) is 45.8 Å². The molecule has 0 radical (unpaired) electrons. The maximum absolute atomic E-state index is 12.8. The van der Waals surface area contributed by atoms with Gasteiger partial charge in [0.1, 0.15) is 0 Å². The van der Waals surface area contributed by atoms with Crippen LogP contribution in [0.3, 0.4) is 0 Å². The van der Waals surface area contributed by atoms with Gasteiger partial charge in [0.25, 0.3) is 0 Å². The molecular weight excluding hydrogens is 358 g/mol. The summed E-state index contributed by atoms with van der Waals surface area (Å²) in [5.41, 5.74) is 1.22. The van der Waals surface area contributed by atoms with Crippen LogP contribution >= 0.6 is 11.3 Å². The summed E-state index contributed by atoms with van der Waals surface area (Å²) in [6.07, 6.45) is 0. The van der Waals surface area contributed by atoms with Crippen molar-refractivity contribution in [1.82, 2.24) is 14.7 Å². The molecule has 2 aromatic rings. The number of nitrogens with zero attached hydrogens (tertiary/aromatic N) is 3. The van der Waals surface area contributed by atoms with E-state index in [1.807, 2.05) is 23.1 Å². The van der Waals surface area contributed by atoms with Gasteiger partial charge in [0.2, 0.25) is 5.91 Å². The first-order valence-electron chi connectivity index (χ1n) is 9.52. The molecule has 5 nitrogen and oxygen atoms in total. The Morgan fingerprint density at radius 3 is 2.56 bits per heavy atom. The molecule has 1 aliphatic rings. The van der Waals surface area contributed by atoms with Crippen LogP contribution in [0.25, 0.3) is 0 Å². The maximum Gasteiger partial charge on any atom is 0.236 e. The summed E-state index contributed by atoms with van der Waals surface area (Å²) >= 11 is 1.80. The smallest absolute Gasteiger partial charge is 0.236 e. The molecule has 1 amide bonds. The molecule has 2 heterocycles. The summed E-state index contributed by atoms with van der Waals surface area (Å²) in [6, 6.07) is 14.6. The molecule has 1 saturated heterocycles. The van der Waals surface area contributed by atoms with Crippen molar-refractivity contribution in [3.63, 3.8) is 0 Å². The summed E-state index contributed by atoms with van der Waals surface area (Å²) in [5, 5.41) is 2.12. The third kappa shape index (κ3) is 6.43. The van der Waals surface area contributed by atoms with Crippen molar-refractivity contribution < 1.29 is 9.53 Å². The van der Waals surface area contributed by atoms with Gasteiger partial charge in [0.15, 0.2) is 0 Å². The highest BCUT2D eigenvalue weighted by atomic mass is 32.1. The fraction of sp³-hybridized carbons (Fsp3) is 0.476. The molecule has 0 aliphatic carbocycles. The van der Waals surface area contributed by atoms with Crippen LogP contribution in [0.1, 0.15) is 10.4 Å². The second kappa shape index (κ2) is 10.6. The number of piperazine rings is 1. The predicted molar refractivity (Wildman–Crippen MR) is 110 cm³/mol. The van der Waals surface area contributed by atoms with Crippen LogP contribution in [-0.4, -0.2) is 73.6 Å². The number of ether oxygens (including phenoxy) is 1. The molecule has 0 spiro atoms. The van der Waals surface area contributed by atoms with E-state index in [-0.39, 0.29) is 5.91 Å². The second-order valence-electron chi connectivity index (χ2n) is 6.93. The van der Waals surface area contributed by atoms with Crippen LogP contribution in [0, 0.1) is 0 Å². The minimum Gasteiger partial charge on any atom is -0.383 e. The van der Waals surface area contributed by atoms with E-state index in [0.29, 0.717) is 13.2 Å². The third-order valence-corrected chi connectivity index (χ3v) is 5.77. The summed E-state index contributed by atoms with van der Waals surface area (Å²) < 4.78 is 5.23. The number of rotatable bonds is 9. The molecule has 0 N–H and O–H groups in total. The number of methoxy groups -OCH3 is 1. The van der Waals surface area contributed by atoms with Crippen LogP contribution in [0.4, 0.5) is 0 Å². The van der Waals surface area contributed by atoms with Gasteiger partial charge in [-0.25, -0.2) is 0 Å². The predicted octanol–water partition coefficient (Wildman–Crippen LogP) is 2.54. The molecule has 1 fully saturated rings. The fourth-order valence-corrected chi connectivity index (χ4v) is 4.09. The Balaban J connectivity index is 1.48. The molecular formula is C21H29N3O2S. The molecule has 0 atom stereocenters. The Morgan fingerprint density at radius 1 is 1.11 bits per heavy atom. The highest BCUT2D eigenvalue weighted by Gasteiger charge is 2.23. The van der Waals surface area contributed by atoms with E-state index in [1.165, 1.54) is 10.4 Å². The third-order valence-electron chi connectivity index (χ3n) is 4.90. The number of amides is 1. The molecule has 0 unspecified atom stereocenters. The standard InChI is InChI=1S/C21H29N3O2S/c1-26-14-13-23(16-19-6-3-2-4-7-19)18-21(25)24-11-9-22(10-12-24)17-20-8-5-15-27-20/h2-8,15H,9-14,16-18H2,1H3. The van der Waals surface area contributed by atoms with Gasteiger partial charge in [0.05, 0.1) is 13.2 Å². The van der Waals surface area contributed by atoms with Crippen LogP contribution in [-0.2, 0) is 22.6 Å². The molecule has 1 aliphatic heterocycles. The Kier molecular flexibility index (Phi) is 7.83. The van der Waals surface area contributed by atoms with Gasteiger partial charge in [0, 0.05) is 57.8 Å². The van der Waals surface area contributed by atoms with Crippen LogP contribution in [0.2, 0.25) is 0 Å². The Morgan fingerprint density at radius 2 is 1.89 bits per heavy atom. The van der Waals surface area contributed by atoms with E-state index in [9.17, 15) is 4.79 Å². The minimum absolute atomic E-state index is 0.220.